The number of benzene rings is 7. The van der Waals surface area contributed by atoms with Crippen molar-refractivity contribution in [3.8, 4) is 0 Å². The minimum absolute atomic E-state index is 1.00. The van der Waals surface area contributed by atoms with Crippen LogP contribution in [0, 0.1) is 0 Å². The Hall–Kier alpha value is -6.12. The molecular formula is C46H38N2. The second-order valence-electron chi connectivity index (χ2n) is 11.8. The van der Waals surface area contributed by atoms with Crippen molar-refractivity contribution in [2.45, 2.75) is 12.8 Å². The molecule has 2 nitrogen and oxygen atoms in total. The third-order valence-corrected chi connectivity index (χ3v) is 8.55. The van der Waals surface area contributed by atoms with E-state index in [1.165, 1.54) is 22.3 Å². The van der Waals surface area contributed by atoms with Crippen LogP contribution in [-0.2, 0) is 12.8 Å². The molecule has 0 spiro atoms. The summed E-state index contributed by atoms with van der Waals surface area (Å²) < 4.78 is 0. The van der Waals surface area contributed by atoms with E-state index in [0.29, 0.717) is 0 Å². The highest BCUT2D eigenvalue weighted by Crippen LogP contribution is 2.35. The van der Waals surface area contributed by atoms with Gasteiger partial charge < -0.3 is 9.80 Å². The third-order valence-electron chi connectivity index (χ3n) is 8.55. The molecule has 0 aromatic heterocycles. The van der Waals surface area contributed by atoms with Gasteiger partial charge in [-0.05, 0) is 108 Å². The molecule has 0 aliphatic rings. The Morgan fingerprint density at radius 3 is 0.854 bits per heavy atom. The Labute approximate surface area is 284 Å². The van der Waals surface area contributed by atoms with Crippen LogP contribution in [0.3, 0.4) is 0 Å². The molecule has 0 saturated carbocycles. The number of nitrogens with zero attached hydrogens (tertiary/aromatic N) is 2. The van der Waals surface area contributed by atoms with Gasteiger partial charge in [0.1, 0.15) is 0 Å². The summed E-state index contributed by atoms with van der Waals surface area (Å²) in [6, 6.07) is 68.8. The van der Waals surface area contributed by atoms with Crippen LogP contribution in [0.15, 0.2) is 194 Å². The van der Waals surface area contributed by atoms with E-state index in [2.05, 4.69) is 216 Å². The van der Waals surface area contributed by atoms with Crippen LogP contribution in [0.4, 0.5) is 34.1 Å². The molecule has 0 bridgehead atoms. The smallest absolute Gasteiger partial charge is 0.0462 e. The molecule has 48 heavy (non-hydrogen) atoms. The van der Waals surface area contributed by atoms with Gasteiger partial charge in [0.25, 0.3) is 0 Å². The van der Waals surface area contributed by atoms with E-state index in [1.807, 2.05) is 0 Å². The van der Waals surface area contributed by atoms with Crippen LogP contribution in [-0.4, -0.2) is 0 Å². The van der Waals surface area contributed by atoms with Crippen molar-refractivity contribution in [2.24, 2.45) is 0 Å². The molecule has 2 heteroatoms. The lowest BCUT2D eigenvalue weighted by molar-refractivity contribution is 0.960. The number of hydrogen-bond acceptors (Lipinski definition) is 2. The molecule has 7 rings (SSSR count). The standard InChI is InChI=1S/C46H38N2/c1-5-13-41(14-6-1)47(42-15-7-2-8-16-42)45-33-29-39(30-34-45)27-25-37-21-23-38(24-22-37)26-28-40-31-35-46(36-32-40)48(43-17-9-3-10-18-43)44-19-11-4-12-20-44/h1-25,27,29-36H,26,28H2. The van der Waals surface area contributed by atoms with Gasteiger partial charge in [-0.3, -0.25) is 0 Å². The third kappa shape index (κ3) is 7.46. The molecule has 0 radical (unpaired) electrons. The first-order valence-electron chi connectivity index (χ1n) is 16.6. The highest BCUT2D eigenvalue weighted by Gasteiger charge is 2.13. The monoisotopic (exact) mass is 618 g/mol. The van der Waals surface area contributed by atoms with Crippen LogP contribution in [0.2, 0.25) is 0 Å². The Kier molecular flexibility index (Phi) is 9.53. The lowest BCUT2D eigenvalue weighted by Crippen LogP contribution is -2.09. The van der Waals surface area contributed by atoms with Crippen molar-refractivity contribution in [2.75, 3.05) is 9.80 Å². The number of aryl methyl sites for hydroxylation is 2. The first kappa shape index (κ1) is 30.5. The van der Waals surface area contributed by atoms with Crippen LogP contribution >= 0.6 is 0 Å². The fourth-order valence-electron chi connectivity index (χ4n) is 6.03. The largest absolute Gasteiger partial charge is 0.311 e. The zero-order valence-electron chi connectivity index (χ0n) is 26.9. The highest BCUT2D eigenvalue weighted by molar-refractivity contribution is 5.78. The lowest BCUT2D eigenvalue weighted by Gasteiger charge is -2.25. The van der Waals surface area contributed by atoms with Crippen LogP contribution in [0.5, 0.6) is 0 Å². The number of para-hydroxylation sites is 4. The summed E-state index contributed by atoms with van der Waals surface area (Å²) in [6.07, 6.45) is 6.38. The van der Waals surface area contributed by atoms with E-state index < -0.39 is 0 Å². The summed E-state index contributed by atoms with van der Waals surface area (Å²) in [5, 5.41) is 0. The number of hydrogen-bond donors (Lipinski definition) is 0. The van der Waals surface area contributed by atoms with Gasteiger partial charge >= 0.3 is 0 Å². The van der Waals surface area contributed by atoms with Crippen LogP contribution in [0.25, 0.3) is 12.2 Å². The van der Waals surface area contributed by atoms with Gasteiger partial charge in [0, 0.05) is 34.1 Å². The SMILES string of the molecule is C(=Cc1ccc(N(c2ccccc2)c2ccccc2)cc1)c1ccc(CCc2ccc(N(c3ccccc3)c3ccccc3)cc2)cc1. The minimum Gasteiger partial charge on any atom is -0.311 e. The average Bonchev–Trinajstić information content (AvgIpc) is 3.17. The molecular weight excluding hydrogens is 581 g/mol. The molecule has 0 atom stereocenters. The Morgan fingerprint density at radius 1 is 0.271 bits per heavy atom. The summed E-state index contributed by atoms with van der Waals surface area (Å²) in [5.74, 6) is 0. The summed E-state index contributed by atoms with van der Waals surface area (Å²) in [6.45, 7) is 0. The van der Waals surface area contributed by atoms with E-state index in [1.54, 1.807) is 0 Å². The lowest BCUT2D eigenvalue weighted by atomic mass is 10.0. The van der Waals surface area contributed by atoms with E-state index in [0.717, 1.165) is 47.0 Å². The fourth-order valence-corrected chi connectivity index (χ4v) is 6.03. The highest BCUT2D eigenvalue weighted by atomic mass is 15.1. The molecule has 7 aromatic rings. The van der Waals surface area contributed by atoms with E-state index >= 15 is 0 Å². The second-order valence-corrected chi connectivity index (χ2v) is 11.8. The number of anilines is 6. The quantitative estimate of drug-likeness (QED) is 0.133. The molecule has 232 valence electrons. The van der Waals surface area contributed by atoms with Crippen LogP contribution < -0.4 is 9.80 Å². The minimum atomic E-state index is 1.00. The van der Waals surface area contributed by atoms with Crippen molar-refractivity contribution in [1.82, 2.24) is 0 Å². The van der Waals surface area contributed by atoms with Gasteiger partial charge in [0.2, 0.25) is 0 Å². The summed E-state index contributed by atoms with van der Waals surface area (Å²) >= 11 is 0. The molecule has 0 fully saturated rings. The van der Waals surface area contributed by atoms with Crippen molar-refractivity contribution in [3.63, 3.8) is 0 Å². The van der Waals surface area contributed by atoms with E-state index in [9.17, 15) is 0 Å². The molecule has 0 unspecified atom stereocenters. The Balaban J connectivity index is 0.980. The first-order chi connectivity index (χ1) is 23.8. The molecule has 0 heterocycles. The van der Waals surface area contributed by atoms with Crippen LogP contribution in [0.1, 0.15) is 22.3 Å². The van der Waals surface area contributed by atoms with Crippen molar-refractivity contribution >= 4 is 46.3 Å². The normalized spacial score (nSPS) is 11.0. The van der Waals surface area contributed by atoms with E-state index in [-0.39, 0.29) is 0 Å². The van der Waals surface area contributed by atoms with Gasteiger partial charge in [-0.25, -0.2) is 0 Å². The summed E-state index contributed by atoms with van der Waals surface area (Å²) in [4.78, 5) is 4.58. The molecule has 7 aromatic carbocycles. The molecule has 0 N–H and O–H groups in total. The molecule has 0 aliphatic carbocycles. The van der Waals surface area contributed by atoms with Gasteiger partial charge in [0.15, 0.2) is 0 Å². The zero-order chi connectivity index (χ0) is 32.4. The first-order valence-corrected chi connectivity index (χ1v) is 16.6. The molecule has 0 saturated heterocycles. The van der Waals surface area contributed by atoms with Gasteiger partial charge in [-0.1, -0.05) is 133 Å². The molecule has 0 amide bonds. The van der Waals surface area contributed by atoms with Crippen molar-refractivity contribution < 1.29 is 0 Å². The maximum Gasteiger partial charge on any atom is 0.0462 e. The van der Waals surface area contributed by atoms with Crippen molar-refractivity contribution in [1.29, 1.82) is 0 Å². The Bertz CT molecular complexity index is 1940. The van der Waals surface area contributed by atoms with Gasteiger partial charge in [-0.2, -0.15) is 0 Å². The summed E-state index contributed by atoms with van der Waals surface area (Å²) in [5.41, 5.74) is 11.9. The summed E-state index contributed by atoms with van der Waals surface area (Å²) in [7, 11) is 0. The molecule has 0 aliphatic heterocycles. The van der Waals surface area contributed by atoms with Crippen molar-refractivity contribution in [3.05, 3.63) is 216 Å². The second kappa shape index (κ2) is 15.0. The van der Waals surface area contributed by atoms with Gasteiger partial charge in [0.05, 0.1) is 0 Å². The predicted octanol–water partition coefficient (Wildman–Crippen LogP) is 12.6. The topological polar surface area (TPSA) is 6.48 Å². The fraction of sp³-hybridized carbons (Fsp3) is 0.0435. The average molecular weight is 619 g/mol. The van der Waals surface area contributed by atoms with E-state index in [4.69, 9.17) is 0 Å². The zero-order valence-corrected chi connectivity index (χ0v) is 26.9. The Morgan fingerprint density at radius 2 is 0.521 bits per heavy atom. The maximum atomic E-state index is 2.30. The predicted molar refractivity (Wildman–Crippen MR) is 205 cm³/mol. The number of rotatable bonds is 11. The maximum absolute atomic E-state index is 2.30. The van der Waals surface area contributed by atoms with Gasteiger partial charge in [-0.15, -0.1) is 0 Å².